The van der Waals surface area contributed by atoms with Crippen LogP contribution < -0.4 is 9.47 Å². The van der Waals surface area contributed by atoms with Crippen LogP contribution in [0.2, 0.25) is 0 Å². The number of ether oxygens (including phenoxy) is 4. The van der Waals surface area contributed by atoms with Gasteiger partial charge in [-0.3, -0.25) is 0 Å². The number of benzene rings is 2. The highest BCUT2D eigenvalue weighted by Crippen LogP contribution is 2.23. The Labute approximate surface area is 197 Å². The monoisotopic (exact) mass is 456 g/mol. The summed E-state index contributed by atoms with van der Waals surface area (Å²) >= 11 is 0. The maximum atomic E-state index is 11.3. The topological polar surface area (TPSA) is 74.2 Å². The normalized spacial score (nSPS) is 11.3. The summed E-state index contributed by atoms with van der Waals surface area (Å²) in [6.07, 6.45) is 6.52. The first kappa shape index (κ1) is 26.3. The average molecular weight is 457 g/mol. The van der Waals surface area contributed by atoms with Crippen LogP contribution in [0, 0.1) is 0 Å². The number of hydrogen-bond acceptors (Lipinski definition) is 5. The molecule has 0 saturated heterocycles. The molecule has 0 spiro atoms. The maximum Gasteiger partial charge on any atom is 0.371 e. The Bertz CT molecular complexity index is 873. The first-order chi connectivity index (χ1) is 16.1. The molecular formula is C27H36O6. The molecule has 2 aromatic rings. The first-order valence-electron chi connectivity index (χ1n) is 11.6. The van der Waals surface area contributed by atoms with E-state index in [0.29, 0.717) is 37.6 Å². The van der Waals surface area contributed by atoms with Crippen molar-refractivity contribution in [2.45, 2.75) is 46.0 Å². The van der Waals surface area contributed by atoms with Crippen LogP contribution in [0.15, 0.2) is 48.2 Å². The van der Waals surface area contributed by atoms with E-state index in [0.717, 1.165) is 30.8 Å². The fourth-order valence-corrected chi connectivity index (χ4v) is 3.30. The minimum absolute atomic E-state index is 0.0910. The average Bonchev–Trinajstić information content (AvgIpc) is 2.82. The molecule has 0 aliphatic carbocycles. The fourth-order valence-electron chi connectivity index (χ4n) is 3.30. The van der Waals surface area contributed by atoms with Crippen molar-refractivity contribution in [3.05, 3.63) is 64.9 Å². The second-order valence-electron chi connectivity index (χ2n) is 7.63. The van der Waals surface area contributed by atoms with E-state index >= 15 is 0 Å². The minimum Gasteiger partial charge on any atom is -0.496 e. The van der Waals surface area contributed by atoms with E-state index in [1.54, 1.807) is 14.0 Å². The largest absolute Gasteiger partial charge is 0.496 e. The third-order valence-corrected chi connectivity index (χ3v) is 5.11. The Kier molecular flexibility index (Phi) is 11.9. The van der Waals surface area contributed by atoms with Crippen LogP contribution in [0.5, 0.6) is 11.5 Å². The minimum atomic E-state index is -1.09. The number of rotatable bonds is 16. The molecule has 0 aliphatic heterocycles. The molecule has 0 unspecified atom stereocenters. The molecule has 0 fully saturated rings. The Morgan fingerprint density at radius 1 is 0.970 bits per heavy atom. The molecule has 6 heteroatoms. The van der Waals surface area contributed by atoms with Gasteiger partial charge in [0.2, 0.25) is 5.76 Å². The molecule has 2 rings (SSSR count). The zero-order valence-corrected chi connectivity index (χ0v) is 20.0. The summed E-state index contributed by atoms with van der Waals surface area (Å²) in [7, 11) is 1.60. The molecule has 0 bridgehead atoms. The molecule has 0 aliphatic rings. The van der Waals surface area contributed by atoms with Crippen LogP contribution in [-0.4, -0.2) is 44.6 Å². The van der Waals surface area contributed by atoms with E-state index in [1.807, 2.05) is 30.3 Å². The zero-order valence-electron chi connectivity index (χ0n) is 20.0. The number of methoxy groups -OCH3 is 1. The molecule has 0 heterocycles. The lowest BCUT2D eigenvalue weighted by Crippen LogP contribution is -2.05. The standard InChI is InChI=1S/C27H36O6/c1-4-6-7-16-33-24-12-9-21(10-13-24)14-17-31-18-15-23-11-8-22(19-25(23)30-3)20-26(27(28)29)32-5-2/h8-13,19-20H,4-7,14-18H2,1-3H3,(H,28,29)/b26-20-. The summed E-state index contributed by atoms with van der Waals surface area (Å²) in [4.78, 5) is 11.3. The number of aliphatic carboxylic acids is 1. The zero-order chi connectivity index (χ0) is 23.9. The van der Waals surface area contributed by atoms with Gasteiger partial charge < -0.3 is 24.1 Å². The molecule has 0 aromatic heterocycles. The van der Waals surface area contributed by atoms with Crippen molar-refractivity contribution in [3.8, 4) is 11.5 Å². The molecule has 1 N–H and O–H groups in total. The fraction of sp³-hybridized carbons (Fsp3) is 0.444. The number of carboxylic acids is 1. The van der Waals surface area contributed by atoms with Crippen molar-refractivity contribution in [1.29, 1.82) is 0 Å². The van der Waals surface area contributed by atoms with Crippen LogP contribution >= 0.6 is 0 Å². The third-order valence-electron chi connectivity index (χ3n) is 5.11. The maximum absolute atomic E-state index is 11.3. The molecule has 0 radical (unpaired) electrons. The van der Waals surface area contributed by atoms with E-state index in [-0.39, 0.29) is 5.76 Å². The summed E-state index contributed by atoms with van der Waals surface area (Å²) in [5, 5.41) is 9.21. The van der Waals surface area contributed by atoms with Gasteiger partial charge in [-0.25, -0.2) is 4.79 Å². The van der Waals surface area contributed by atoms with Crippen molar-refractivity contribution in [2.75, 3.05) is 33.5 Å². The lowest BCUT2D eigenvalue weighted by molar-refractivity contribution is -0.136. The van der Waals surface area contributed by atoms with E-state index in [4.69, 9.17) is 18.9 Å². The highest BCUT2D eigenvalue weighted by molar-refractivity contribution is 5.89. The Morgan fingerprint density at radius 3 is 2.39 bits per heavy atom. The van der Waals surface area contributed by atoms with Crippen molar-refractivity contribution in [3.63, 3.8) is 0 Å². The van der Waals surface area contributed by atoms with Gasteiger partial charge in [-0.15, -0.1) is 0 Å². The van der Waals surface area contributed by atoms with Gasteiger partial charge >= 0.3 is 5.97 Å². The highest BCUT2D eigenvalue weighted by Gasteiger charge is 2.10. The first-order valence-corrected chi connectivity index (χ1v) is 11.6. The van der Waals surface area contributed by atoms with Crippen molar-refractivity contribution >= 4 is 12.0 Å². The van der Waals surface area contributed by atoms with Gasteiger partial charge in [0.1, 0.15) is 11.5 Å². The van der Waals surface area contributed by atoms with Crippen LogP contribution in [0.25, 0.3) is 6.08 Å². The van der Waals surface area contributed by atoms with Gasteiger partial charge in [-0.05, 0) is 67.2 Å². The van der Waals surface area contributed by atoms with Crippen LogP contribution in [0.4, 0.5) is 0 Å². The van der Waals surface area contributed by atoms with Crippen molar-refractivity contribution < 1.29 is 28.8 Å². The van der Waals surface area contributed by atoms with Crippen LogP contribution in [0.1, 0.15) is 49.8 Å². The molecule has 2 aromatic carbocycles. The predicted octanol–water partition coefficient (Wildman–Crippen LogP) is 5.53. The van der Waals surface area contributed by atoms with Crippen LogP contribution in [0.3, 0.4) is 0 Å². The highest BCUT2D eigenvalue weighted by atomic mass is 16.5. The quantitative estimate of drug-likeness (QED) is 0.203. The van der Waals surface area contributed by atoms with Crippen molar-refractivity contribution in [1.82, 2.24) is 0 Å². The van der Waals surface area contributed by atoms with Gasteiger partial charge in [0.05, 0.1) is 33.5 Å². The van der Waals surface area contributed by atoms with Crippen molar-refractivity contribution in [2.24, 2.45) is 0 Å². The van der Waals surface area contributed by atoms with Gasteiger partial charge in [0.15, 0.2) is 0 Å². The van der Waals surface area contributed by atoms with Gasteiger partial charge in [-0.2, -0.15) is 0 Å². The van der Waals surface area contributed by atoms with Gasteiger partial charge in [0.25, 0.3) is 0 Å². The summed E-state index contributed by atoms with van der Waals surface area (Å²) in [5.41, 5.74) is 2.93. The van der Waals surface area contributed by atoms with Gasteiger partial charge in [0, 0.05) is 0 Å². The molecule has 0 saturated carbocycles. The lowest BCUT2D eigenvalue weighted by Gasteiger charge is -2.11. The second kappa shape index (κ2) is 15.0. The van der Waals surface area contributed by atoms with Gasteiger partial charge in [-0.1, -0.05) is 44.0 Å². The molecule has 0 atom stereocenters. The Balaban J connectivity index is 1.78. The number of carbonyl (C=O) groups is 1. The van der Waals surface area contributed by atoms with E-state index in [2.05, 4.69) is 19.1 Å². The lowest BCUT2D eigenvalue weighted by atomic mass is 10.1. The Hall–Kier alpha value is -2.99. The molecule has 0 amide bonds. The van der Waals surface area contributed by atoms with E-state index in [1.165, 1.54) is 24.5 Å². The number of hydrogen-bond donors (Lipinski definition) is 1. The summed E-state index contributed by atoms with van der Waals surface area (Å²) in [5.74, 6) is 0.426. The molecular weight excluding hydrogens is 420 g/mol. The van der Waals surface area contributed by atoms with Crippen LogP contribution in [-0.2, 0) is 27.1 Å². The number of carboxylic acid groups (broad SMARTS) is 1. The predicted molar refractivity (Wildman–Crippen MR) is 130 cm³/mol. The smallest absolute Gasteiger partial charge is 0.371 e. The SMILES string of the molecule is CCCCCOc1ccc(CCOCCc2ccc(/C=C(\OCC)C(=O)O)cc2OC)cc1. The third kappa shape index (κ3) is 9.58. The summed E-state index contributed by atoms with van der Waals surface area (Å²) in [6.45, 7) is 6.20. The van der Waals surface area contributed by atoms with E-state index < -0.39 is 5.97 Å². The molecule has 180 valence electrons. The summed E-state index contributed by atoms with van der Waals surface area (Å²) in [6, 6.07) is 13.8. The Morgan fingerprint density at radius 2 is 1.73 bits per heavy atom. The molecule has 33 heavy (non-hydrogen) atoms. The van der Waals surface area contributed by atoms with E-state index in [9.17, 15) is 9.90 Å². The summed E-state index contributed by atoms with van der Waals surface area (Å²) < 4.78 is 22.2. The molecule has 6 nitrogen and oxygen atoms in total. The second-order valence-corrected chi connectivity index (χ2v) is 7.63. The number of unbranched alkanes of at least 4 members (excludes halogenated alkanes) is 2.